The van der Waals surface area contributed by atoms with Gasteiger partial charge in [-0.15, -0.1) is 0 Å². The first-order valence-corrected chi connectivity index (χ1v) is 8.25. The average Bonchev–Trinajstić information content (AvgIpc) is 2.88. The molecule has 24 heavy (non-hydrogen) atoms. The number of fused-ring (bicyclic) bond motifs is 1. The van der Waals surface area contributed by atoms with E-state index in [9.17, 15) is 4.79 Å². The van der Waals surface area contributed by atoms with E-state index in [-0.39, 0.29) is 5.76 Å². The van der Waals surface area contributed by atoms with Gasteiger partial charge in [-0.25, -0.2) is 4.79 Å². The Morgan fingerprint density at radius 1 is 1.29 bits per heavy atom. The molecule has 0 saturated carbocycles. The van der Waals surface area contributed by atoms with Crippen LogP contribution in [-0.2, 0) is 13.0 Å². The topological polar surface area (TPSA) is 51.3 Å². The zero-order chi connectivity index (χ0) is 17.1. The summed E-state index contributed by atoms with van der Waals surface area (Å²) in [4.78, 5) is 18.7. The molecule has 2 heterocycles. The third-order valence-corrected chi connectivity index (χ3v) is 4.48. The highest BCUT2D eigenvalue weighted by molar-refractivity contribution is 5.72. The highest BCUT2D eigenvalue weighted by Crippen LogP contribution is 2.12. The van der Waals surface area contributed by atoms with Gasteiger partial charge in [0, 0.05) is 37.4 Å². The monoisotopic (exact) mass is 325 g/mol. The summed E-state index contributed by atoms with van der Waals surface area (Å²) in [6.07, 6.45) is 2.74. The van der Waals surface area contributed by atoms with Gasteiger partial charge in [0.2, 0.25) is 0 Å². The van der Waals surface area contributed by atoms with E-state index in [0.29, 0.717) is 18.2 Å². The molecule has 0 N–H and O–H groups in total. The molecular weight excluding hydrogens is 302 g/mol. The summed E-state index contributed by atoms with van der Waals surface area (Å²) < 4.78 is 6.98. The number of nitrogens with zero attached hydrogens (tertiary/aromatic N) is 3. The quantitative estimate of drug-likeness (QED) is 0.699. The molecule has 0 aliphatic rings. The van der Waals surface area contributed by atoms with Crippen molar-refractivity contribution in [1.82, 2.24) is 14.5 Å². The van der Waals surface area contributed by atoms with Crippen molar-refractivity contribution in [2.24, 2.45) is 0 Å². The number of rotatable bonds is 6. The lowest BCUT2D eigenvalue weighted by atomic mass is 10.1. The Labute approximate surface area is 141 Å². The van der Waals surface area contributed by atoms with Gasteiger partial charge in [-0.1, -0.05) is 12.1 Å². The average molecular weight is 325 g/mol. The molecule has 5 nitrogen and oxygen atoms in total. The molecule has 1 aromatic carbocycles. The van der Waals surface area contributed by atoms with Gasteiger partial charge in [0.15, 0.2) is 5.58 Å². The Morgan fingerprint density at radius 2 is 2.08 bits per heavy atom. The third-order valence-electron chi connectivity index (χ3n) is 4.48. The fraction of sp³-hybridized carbons (Fsp3) is 0.368. The molecule has 0 unspecified atom stereocenters. The van der Waals surface area contributed by atoms with Crippen LogP contribution in [0.5, 0.6) is 0 Å². The van der Waals surface area contributed by atoms with Crippen molar-refractivity contribution in [3.63, 3.8) is 0 Å². The van der Waals surface area contributed by atoms with Gasteiger partial charge >= 0.3 is 5.76 Å². The molecule has 2 aromatic heterocycles. The number of para-hydroxylation sites is 2. The van der Waals surface area contributed by atoms with E-state index < -0.39 is 0 Å². The predicted molar refractivity (Wildman–Crippen MR) is 95.2 cm³/mol. The molecule has 0 radical (unpaired) electrons. The van der Waals surface area contributed by atoms with Crippen LogP contribution in [0.15, 0.2) is 51.8 Å². The maximum absolute atomic E-state index is 12.0. The molecule has 126 valence electrons. The number of aromatic nitrogens is 2. The van der Waals surface area contributed by atoms with Crippen molar-refractivity contribution in [1.29, 1.82) is 0 Å². The second-order valence-corrected chi connectivity index (χ2v) is 6.35. The van der Waals surface area contributed by atoms with Crippen molar-refractivity contribution in [3.05, 3.63) is 64.4 Å². The fourth-order valence-corrected chi connectivity index (χ4v) is 2.87. The molecule has 0 aliphatic heterocycles. The summed E-state index contributed by atoms with van der Waals surface area (Å²) in [5.41, 5.74) is 3.82. The molecule has 0 spiro atoms. The summed E-state index contributed by atoms with van der Waals surface area (Å²) >= 11 is 0. The molecule has 0 aliphatic carbocycles. The van der Waals surface area contributed by atoms with E-state index in [1.165, 1.54) is 5.56 Å². The number of oxazole rings is 1. The minimum absolute atomic E-state index is 0.294. The van der Waals surface area contributed by atoms with Crippen LogP contribution in [0.1, 0.15) is 18.2 Å². The van der Waals surface area contributed by atoms with Crippen LogP contribution in [0, 0.1) is 6.92 Å². The Bertz CT molecular complexity index is 881. The predicted octanol–water partition coefficient (Wildman–Crippen LogP) is 2.86. The Balaban J connectivity index is 1.65. The minimum Gasteiger partial charge on any atom is -0.408 e. The van der Waals surface area contributed by atoms with Crippen molar-refractivity contribution in [3.8, 4) is 0 Å². The summed E-state index contributed by atoms with van der Waals surface area (Å²) in [7, 11) is 2.08. The van der Waals surface area contributed by atoms with Gasteiger partial charge in [-0.3, -0.25) is 9.55 Å². The Kier molecular flexibility index (Phi) is 4.81. The van der Waals surface area contributed by atoms with Crippen LogP contribution >= 0.6 is 0 Å². The van der Waals surface area contributed by atoms with Gasteiger partial charge in [0.05, 0.1) is 5.52 Å². The standard InChI is InChI=1S/C19H23N3O2/c1-14-8-9-20-16(12-14)13-15(2)21(3)10-11-22-17-6-4-5-7-18(17)24-19(22)23/h4-9,12,15H,10-11,13H2,1-3H3/t15-/m1/s1. The van der Waals surface area contributed by atoms with Crippen LogP contribution in [-0.4, -0.2) is 34.1 Å². The Hall–Kier alpha value is -2.40. The zero-order valence-electron chi connectivity index (χ0n) is 14.4. The van der Waals surface area contributed by atoms with E-state index in [4.69, 9.17) is 4.42 Å². The van der Waals surface area contributed by atoms with Crippen LogP contribution in [0.2, 0.25) is 0 Å². The normalized spacial score (nSPS) is 12.8. The van der Waals surface area contributed by atoms with Crippen LogP contribution in [0.3, 0.4) is 0 Å². The lowest BCUT2D eigenvalue weighted by Crippen LogP contribution is -2.35. The zero-order valence-corrected chi connectivity index (χ0v) is 14.4. The molecule has 0 bridgehead atoms. The number of pyridine rings is 1. The van der Waals surface area contributed by atoms with Gasteiger partial charge in [-0.05, 0) is 50.7 Å². The van der Waals surface area contributed by atoms with E-state index in [1.54, 1.807) is 4.57 Å². The molecule has 0 saturated heterocycles. The molecule has 0 fully saturated rings. The summed E-state index contributed by atoms with van der Waals surface area (Å²) in [5.74, 6) is -0.294. The van der Waals surface area contributed by atoms with Crippen LogP contribution in [0.25, 0.3) is 11.1 Å². The second kappa shape index (κ2) is 7.01. The number of likely N-dealkylation sites (N-methyl/N-ethyl adjacent to an activating group) is 1. The molecule has 1 atom stereocenters. The van der Waals surface area contributed by atoms with Gasteiger partial charge < -0.3 is 9.32 Å². The lowest BCUT2D eigenvalue weighted by Gasteiger charge is -2.24. The van der Waals surface area contributed by atoms with Crippen molar-refractivity contribution < 1.29 is 4.42 Å². The summed E-state index contributed by atoms with van der Waals surface area (Å²) in [5, 5.41) is 0. The largest absolute Gasteiger partial charge is 0.419 e. The maximum atomic E-state index is 12.0. The van der Waals surface area contributed by atoms with E-state index in [0.717, 1.165) is 24.2 Å². The van der Waals surface area contributed by atoms with E-state index >= 15 is 0 Å². The van der Waals surface area contributed by atoms with Crippen LogP contribution < -0.4 is 5.76 Å². The van der Waals surface area contributed by atoms with E-state index in [2.05, 4.69) is 36.8 Å². The lowest BCUT2D eigenvalue weighted by molar-refractivity contribution is 0.243. The first kappa shape index (κ1) is 16.5. The Morgan fingerprint density at radius 3 is 2.88 bits per heavy atom. The van der Waals surface area contributed by atoms with Gasteiger partial charge in [-0.2, -0.15) is 0 Å². The fourth-order valence-electron chi connectivity index (χ4n) is 2.87. The van der Waals surface area contributed by atoms with Gasteiger partial charge in [0.25, 0.3) is 0 Å². The SMILES string of the molecule is Cc1ccnc(C[C@@H](C)N(C)CCn2c(=O)oc3ccccc32)c1. The molecular formula is C19H23N3O2. The van der Waals surface area contributed by atoms with Crippen molar-refractivity contribution in [2.45, 2.75) is 32.9 Å². The number of benzene rings is 1. The van der Waals surface area contributed by atoms with Gasteiger partial charge in [0.1, 0.15) is 0 Å². The summed E-state index contributed by atoms with van der Waals surface area (Å²) in [6, 6.07) is 12.0. The van der Waals surface area contributed by atoms with Crippen molar-refractivity contribution in [2.75, 3.05) is 13.6 Å². The third kappa shape index (κ3) is 3.57. The molecule has 0 amide bonds. The van der Waals surface area contributed by atoms with Crippen LogP contribution in [0.4, 0.5) is 0 Å². The molecule has 3 aromatic rings. The maximum Gasteiger partial charge on any atom is 0.419 e. The molecule has 5 heteroatoms. The minimum atomic E-state index is -0.294. The number of hydrogen-bond acceptors (Lipinski definition) is 4. The second-order valence-electron chi connectivity index (χ2n) is 6.35. The van der Waals surface area contributed by atoms with Crippen molar-refractivity contribution >= 4 is 11.1 Å². The first-order valence-electron chi connectivity index (χ1n) is 8.25. The molecule has 3 rings (SSSR count). The van der Waals surface area contributed by atoms with E-state index in [1.807, 2.05) is 36.5 Å². The number of aryl methyl sites for hydroxylation is 1. The summed E-state index contributed by atoms with van der Waals surface area (Å²) in [6.45, 7) is 5.64. The number of hydrogen-bond donors (Lipinski definition) is 0. The smallest absolute Gasteiger partial charge is 0.408 e. The first-order chi connectivity index (χ1) is 11.5. The highest BCUT2D eigenvalue weighted by Gasteiger charge is 2.13. The highest BCUT2D eigenvalue weighted by atomic mass is 16.4.